The second kappa shape index (κ2) is 7.46. The van der Waals surface area contributed by atoms with E-state index in [9.17, 15) is 10.2 Å². The fourth-order valence-electron chi connectivity index (χ4n) is 3.77. The van der Waals surface area contributed by atoms with Gasteiger partial charge in [0.15, 0.2) is 0 Å². The Morgan fingerprint density at radius 2 is 1.96 bits per heavy atom. The Balaban J connectivity index is 1.48. The van der Waals surface area contributed by atoms with E-state index in [4.69, 9.17) is 9.47 Å². The van der Waals surface area contributed by atoms with Gasteiger partial charge in [0.25, 0.3) is 0 Å². The predicted molar refractivity (Wildman–Crippen MR) is 97.6 cm³/mol. The number of ether oxygens (including phenoxy) is 2. The second-order valence-corrected chi connectivity index (χ2v) is 7.52. The van der Waals surface area contributed by atoms with Crippen LogP contribution in [0.25, 0.3) is 6.08 Å². The van der Waals surface area contributed by atoms with Crippen LogP contribution in [0.3, 0.4) is 0 Å². The lowest BCUT2D eigenvalue weighted by Crippen LogP contribution is -2.59. The van der Waals surface area contributed by atoms with Crippen molar-refractivity contribution in [3.05, 3.63) is 35.9 Å². The van der Waals surface area contributed by atoms with E-state index >= 15 is 0 Å². The zero-order valence-corrected chi connectivity index (χ0v) is 15.1. The van der Waals surface area contributed by atoms with Crippen molar-refractivity contribution in [1.29, 1.82) is 0 Å². The van der Waals surface area contributed by atoms with Crippen molar-refractivity contribution < 1.29 is 19.7 Å². The van der Waals surface area contributed by atoms with Crippen LogP contribution in [0, 0.1) is 0 Å². The number of aliphatic hydroxyl groups excluding tert-OH is 1. The highest BCUT2D eigenvalue weighted by Crippen LogP contribution is 2.39. The molecular formula is C20H29NO4. The van der Waals surface area contributed by atoms with Crippen LogP contribution in [-0.2, 0) is 4.74 Å². The Hall–Kier alpha value is -1.40. The second-order valence-electron chi connectivity index (χ2n) is 7.52. The lowest BCUT2D eigenvalue weighted by atomic mass is 9.76. The largest absolute Gasteiger partial charge is 0.497 e. The molecule has 0 radical (unpaired) electrons. The van der Waals surface area contributed by atoms with Crippen molar-refractivity contribution in [2.45, 2.75) is 43.5 Å². The first-order chi connectivity index (χ1) is 11.9. The third kappa shape index (κ3) is 4.42. The molecule has 2 aliphatic heterocycles. The van der Waals surface area contributed by atoms with Crippen molar-refractivity contribution in [2.24, 2.45) is 0 Å². The van der Waals surface area contributed by atoms with E-state index in [1.165, 1.54) is 0 Å². The van der Waals surface area contributed by atoms with Crippen LogP contribution in [0.2, 0.25) is 0 Å². The number of hydrogen-bond donors (Lipinski definition) is 2. The highest BCUT2D eigenvalue weighted by Gasteiger charge is 2.48. The average Bonchev–Trinajstić information content (AvgIpc) is 2.61. The first-order valence-corrected chi connectivity index (χ1v) is 9.00. The van der Waals surface area contributed by atoms with E-state index < -0.39 is 11.7 Å². The van der Waals surface area contributed by atoms with Crippen molar-refractivity contribution in [1.82, 2.24) is 4.90 Å². The van der Waals surface area contributed by atoms with Gasteiger partial charge in [-0.2, -0.15) is 0 Å². The summed E-state index contributed by atoms with van der Waals surface area (Å²) in [5.74, 6) is 0.868. The molecule has 25 heavy (non-hydrogen) atoms. The monoisotopic (exact) mass is 347 g/mol. The summed E-state index contributed by atoms with van der Waals surface area (Å²) in [6.07, 6.45) is 5.82. The lowest BCUT2D eigenvalue weighted by molar-refractivity contribution is -0.222. The molecule has 0 bridgehead atoms. The Bertz CT molecular complexity index is 588. The highest BCUT2D eigenvalue weighted by atomic mass is 16.5. The molecule has 2 heterocycles. The zero-order chi connectivity index (χ0) is 17.9. The van der Waals surface area contributed by atoms with Gasteiger partial charge in [0.1, 0.15) is 11.9 Å². The van der Waals surface area contributed by atoms with Crippen molar-refractivity contribution in [2.75, 3.05) is 33.4 Å². The molecule has 138 valence electrons. The normalized spacial score (nSPS) is 30.0. The first-order valence-electron chi connectivity index (χ1n) is 9.00. The standard InChI is InChI=1S/C20H29NO4/c1-19(23)15-20(25-14-18(19)22)9-12-21(13-10-20)11-3-4-16-5-7-17(24-2)8-6-16/h3-8,18,22-23H,9-15H2,1-2H3/t18-,19-/m0/s1. The van der Waals surface area contributed by atoms with Crippen LogP contribution in [0.15, 0.2) is 30.3 Å². The fraction of sp³-hybridized carbons (Fsp3) is 0.600. The van der Waals surface area contributed by atoms with Gasteiger partial charge in [0.2, 0.25) is 0 Å². The Kier molecular flexibility index (Phi) is 5.49. The molecule has 5 heteroatoms. The molecule has 1 aromatic carbocycles. The highest BCUT2D eigenvalue weighted by molar-refractivity contribution is 5.50. The number of benzene rings is 1. The Morgan fingerprint density at radius 1 is 1.28 bits per heavy atom. The number of hydrogen-bond acceptors (Lipinski definition) is 5. The van der Waals surface area contributed by atoms with Crippen LogP contribution in [-0.4, -0.2) is 65.8 Å². The van der Waals surface area contributed by atoms with Crippen LogP contribution in [0.5, 0.6) is 5.75 Å². The molecule has 2 N–H and O–H groups in total. The maximum absolute atomic E-state index is 10.4. The predicted octanol–water partition coefficient (Wildman–Crippen LogP) is 2.08. The minimum atomic E-state index is -1.05. The molecule has 0 aromatic heterocycles. The maximum Gasteiger partial charge on any atom is 0.118 e. The van der Waals surface area contributed by atoms with Crippen LogP contribution in [0.1, 0.15) is 31.7 Å². The summed E-state index contributed by atoms with van der Waals surface area (Å²) in [7, 11) is 1.67. The van der Waals surface area contributed by atoms with Crippen molar-refractivity contribution >= 4 is 6.08 Å². The van der Waals surface area contributed by atoms with E-state index in [0.717, 1.165) is 43.8 Å². The van der Waals surface area contributed by atoms with E-state index in [1.54, 1.807) is 14.0 Å². The summed E-state index contributed by atoms with van der Waals surface area (Å²) in [4.78, 5) is 2.40. The number of rotatable bonds is 4. The molecule has 2 fully saturated rings. The van der Waals surface area contributed by atoms with Crippen LogP contribution in [0.4, 0.5) is 0 Å². The first kappa shape index (κ1) is 18.4. The van der Waals surface area contributed by atoms with E-state index in [-0.39, 0.29) is 12.2 Å². The van der Waals surface area contributed by atoms with Gasteiger partial charge in [0, 0.05) is 26.1 Å². The lowest BCUT2D eigenvalue weighted by Gasteiger charge is -2.49. The molecule has 0 amide bonds. The number of methoxy groups -OCH3 is 1. The third-order valence-corrected chi connectivity index (χ3v) is 5.50. The third-order valence-electron chi connectivity index (χ3n) is 5.50. The summed E-state index contributed by atoms with van der Waals surface area (Å²) in [5.41, 5.74) is -0.164. The SMILES string of the molecule is COc1ccc(C=CCN2CCC3(CC2)C[C@](C)(O)[C@@H](O)CO3)cc1. The molecule has 0 unspecified atom stereocenters. The van der Waals surface area contributed by atoms with Gasteiger partial charge in [-0.25, -0.2) is 0 Å². The van der Waals surface area contributed by atoms with E-state index in [0.29, 0.717) is 6.42 Å². The summed E-state index contributed by atoms with van der Waals surface area (Å²) >= 11 is 0. The number of aliphatic hydroxyl groups is 2. The Labute approximate surface area is 149 Å². The molecule has 1 aromatic rings. The number of nitrogens with zero attached hydrogens (tertiary/aromatic N) is 1. The van der Waals surface area contributed by atoms with E-state index in [2.05, 4.69) is 17.1 Å². The van der Waals surface area contributed by atoms with Gasteiger partial charge in [-0.3, -0.25) is 4.90 Å². The molecular weight excluding hydrogens is 318 g/mol. The molecule has 2 saturated heterocycles. The molecule has 2 atom stereocenters. The number of likely N-dealkylation sites (tertiary alicyclic amines) is 1. The maximum atomic E-state index is 10.4. The van der Waals surface area contributed by atoms with Gasteiger partial charge in [-0.1, -0.05) is 24.3 Å². The quantitative estimate of drug-likeness (QED) is 0.873. The van der Waals surface area contributed by atoms with Crippen molar-refractivity contribution in [3.8, 4) is 5.75 Å². The molecule has 0 aliphatic carbocycles. The molecule has 2 aliphatic rings. The molecule has 0 saturated carbocycles. The summed E-state index contributed by atoms with van der Waals surface area (Å²) in [5, 5.41) is 20.2. The molecule has 3 rings (SSSR count). The van der Waals surface area contributed by atoms with Gasteiger partial charge in [0.05, 0.1) is 24.9 Å². The summed E-state index contributed by atoms with van der Waals surface area (Å²) in [6, 6.07) is 8.02. The van der Waals surface area contributed by atoms with Gasteiger partial charge in [-0.05, 0) is 37.5 Å². The average molecular weight is 347 g/mol. The zero-order valence-electron chi connectivity index (χ0n) is 15.1. The minimum Gasteiger partial charge on any atom is -0.497 e. The molecule has 5 nitrogen and oxygen atoms in total. The van der Waals surface area contributed by atoms with Crippen LogP contribution < -0.4 is 4.74 Å². The molecule has 1 spiro atoms. The van der Waals surface area contributed by atoms with Crippen LogP contribution >= 0.6 is 0 Å². The van der Waals surface area contributed by atoms with Gasteiger partial charge < -0.3 is 19.7 Å². The van der Waals surface area contributed by atoms with Crippen molar-refractivity contribution in [3.63, 3.8) is 0 Å². The summed E-state index contributed by atoms with van der Waals surface area (Å²) < 4.78 is 11.1. The Morgan fingerprint density at radius 3 is 2.56 bits per heavy atom. The number of piperidine rings is 1. The smallest absolute Gasteiger partial charge is 0.118 e. The summed E-state index contributed by atoms with van der Waals surface area (Å²) in [6.45, 7) is 4.73. The van der Waals surface area contributed by atoms with Gasteiger partial charge >= 0.3 is 0 Å². The fourth-order valence-corrected chi connectivity index (χ4v) is 3.77. The topological polar surface area (TPSA) is 62.2 Å². The van der Waals surface area contributed by atoms with E-state index in [1.807, 2.05) is 24.3 Å². The minimum absolute atomic E-state index is 0.227. The van der Waals surface area contributed by atoms with Gasteiger partial charge in [-0.15, -0.1) is 0 Å².